The lowest BCUT2D eigenvalue weighted by Crippen LogP contribution is -2.22. The normalized spacial score (nSPS) is 10.3. The summed E-state index contributed by atoms with van der Waals surface area (Å²) in [6, 6.07) is 18.5. The van der Waals surface area contributed by atoms with Gasteiger partial charge < -0.3 is 24.8 Å². The van der Waals surface area contributed by atoms with E-state index in [4.69, 9.17) is 37.4 Å². The molecule has 0 aliphatic rings. The van der Waals surface area contributed by atoms with Crippen LogP contribution < -0.4 is 20.1 Å². The van der Waals surface area contributed by atoms with Crippen molar-refractivity contribution in [3.05, 3.63) is 76.8 Å². The molecule has 0 saturated heterocycles. The molecular weight excluding hydrogens is 495 g/mol. The number of esters is 1. The third-order valence-corrected chi connectivity index (χ3v) is 5.12. The molecule has 3 rings (SSSR count). The lowest BCUT2D eigenvalue weighted by molar-refractivity contribution is -0.147. The highest BCUT2D eigenvalue weighted by Gasteiger charge is 2.12. The zero-order valence-corrected chi connectivity index (χ0v) is 20.2. The number of carbonyl (C=O) groups excluding carboxylic acids is 3. The maximum Gasteiger partial charge on any atom is 0.306 e. The minimum absolute atomic E-state index is 0.106. The van der Waals surface area contributed by atoms with Crippen LogP contribution in [0.15, 0.2) is 66.7 Å². The number of ether oxygens (including phenoxy) is 3. The summed E-state index contributed by atoms with van der Waals surface area (Å²) >= 11 is 11.8. The molecule has 0 atom stereocenters. The number of rotatable bonds is 10. The molecule has 182 valence electrons. The predicted octanol–water partition coefficient (Wildman–Crippen LogP) is 5.69. The summed E-state index contributed by atoms with van der Waals surface area (Å²) < 4.78 is 15.7. The number of methoxy groups -OCH3 is 1. The number of hydrogen-bond acceptors (Lipinski definition) is 6. The second kappa shape index (κ2) is 12.6. The van der Waals surface area contributed by atoms with Gasteiger partial charge in [0.25, 0.3) is 5.91 Å². The Labute approximate surface area is 212 Å². The van der Waals surface area contributed by atoms with Gasteiger partial charge in [-0.1, -0.05) is 23.2 Å². The van der Waals surface area contributed by atoms with E-state index >= 15 is 0 Å². The molecule has 2 amide bonds. The lowest BCUT2D eigenvalue weighted by atomic mass is 10.2. The fraction of sp³-hybridized carbons (Fsp3) is 0.160. The molecule has 0 aliphatic carbocycles. The van der Waals surface area contributed by atoms with Gasteiger partial charge in [0, 0.05) is 17.1 Å². The minimum Gasteiger partial charge on any atom is -0.497 e. The van der Waals surface area contributed by atoms with Gasteiger partial charge in [0.2, 0.25) is 5.91 Å². The Balaban J connectivity index is 1.37. The van der Waals surface area contributed by atoms with E-state index in [-0.39, 0.29) is 18.7 Å². The van der Waals surface area contributed by atoms with Crippen LogP contribution in [0.5, 0.6) is 17.2 Å². The first-order chi connectivity index (χ1) is 16.8. The third kappa shape index (κ3) is 8.51. The number of benzene rings is 3. The van der Waals surface area contributed by atoms with Gasteiger partial charge in [-0.05, 0) is 66.7 Å². The van der Waals surface area contributed by atoms with E-state index in [2.05, 4.69) is 10.6 Å². The van der Waals surface area contributed by atoms with E-state index in [1.807, 2.05) is 0 Å². The largest absolute Gasteiger partial charge is 0.497 e. The highest BCUT2D eigenvalue weighted by atomic mass is 35.5. The van der Waals surface area contributed by atoms with Crippen molar-refractivity contribution in [1.82, 2.24) is 0 Å². The highest BCUT2D eigenvalue weighted by Crippen LogP contribution is 2.26. The van der Waals surface area contributed by atoms with Crippen molar-refractivity contribution >= 4 is 52.4 Å². The average Bonchev–Trinajstić information content (AvgIpc) is 2.85. The zero-order valence-electron chi connectivity index (χ0n) is 18.7. The molecule has 8 nitrogen and oxygen atoms in total. The first kappa shape index (κ1) is 25.9. The van der Waals surface area contributed by atoms with Crippen molar-refractivity contribution in [2.45, 2.75) is 12.8 Å². The molecule has 0 fully saturated rings. The maximum atomic E-state index is 12.1. The van der Waals surface area contributed by atoms with E-state index in [9.17, 15) is 14.4 Å². The molecule has 0 saturated carbocycles. The molecule has 10 heteroatoms. The molecule has 3 aromatic carbocycles. The summed E-state index contributed by atoms with van der Waals surface area (Å²) in [5.41, 5.74) is 0.850. The average molecular weight is 517 g/mol. The molecule has 0 heterocycles. The quantitative estimate of drug-likeness (QED) is 0.335. The Hall–Kier alpha value is -3.75. The second-order valence-corrected chi connectivity index (χ2v) is 8.03. The smallest absolute Gasteiger partial charge is 0.306 e. The fourth-order valence-electron chi connectivity index (χ4n) is 2.82. The van der Waals surface area contributed by atoms with Crippen molar-refractivity contribution in [3.63, 3.8) is 0 Å². The number of nitrogens with one attached hydrogen (secondary N) is 2. The van der Waals surface area contributed by atoms with E-state index < -0.39 is 18.5 Å². The van der Waals surface area contributed by atoms with Crippen LogP contribution in [0.4, 0.5) is 11.4 Å². The van der Waals surface area contributed by atoms with Crippen LogP contribution in [-0.2, 0) is 19.1 Å². The number of amides is 2. The molecule has 0 aliphatic heterocycles. The van der Waals surface area contributed by atoms with Crippen LogP contribution in [0.1, 0.15) is 12.8 Å². The summed E-state index contributed by atoms with van der Waals surface area (Å²) in [7, 11) is 1.59. The Morgan fingerprint density at radius 1 is 0.771 bits per heavy atom. The number of anilines is 2. The van der Waals surface area contributed by atoms with Crippen LogP contribution in [0.25, 0.3) is 0 Å². The van der Waals surface area contributed by atoms with Gasteiger partial charge >= 0.3 is 5.97 Å². The second-order valence-electron chi connectivity index (χ2n) is 7.18. The van der Waals surface area contributed by atoms with Crippen molar-refractivity contribution in [3.8, 4) is 17.2 Å². The molecule has 0 radical (unpaired) electrons. The zero-order chi connectivity index (χ0) is 25.2. The van der Waals surface area contributed by atoms with E-state index in [0.29, 0.717) is 32.9 Å². The standard InChI is InChI=1S/C25H22Cl2N2O6/c1-33-18-7-9-20(10-8-18)35-19-5-3-17(4-6-19)28-23(30)12-13-25(32)34-15-24(31)29-22-14-16(26)2-11-21(22)27/h2-11,14H,12-13,15H2,1H3,(H,28,30)(H,29,31). The minimum atomic E-state index is -0.685. The Bertz CT molecular complexity index is 1180. The van der Waals surface area contributed by atoms with Crippen LogP contribution in [0, 0.1) is 0 Å². The first-order valence-corrected chi connectivity index (χ1v) is 11.2. The van der Waals surface area contributed by atoms with Crippen LogP contribution >= 0.6 is 23.2 Å². The third-order valence-electron chi connectivity index (χ3n) is 4.56. The number of hydrogen-bond donors (Lipinski definition) is 2. The number of halogens is 2. The van der Waals surface area contributed by atoms with E-state index in [1.54, 1.807) is 61.7 Å². The molecule has 3 aromatic rings. The molecule has 2 N–H and O–H groups in total. The molecule has 0 aromatic heterocycles. The van der Waals surface area contributed by atoms with E-state index in [1.165, 1.54) is 12.1 Å². The lowest BCUT2D eigenvalue weighted by Gasteiger charge is -2.09. The van der Waals surface area contributed by atoms with Crippen LogP contribution in [-0.4, -0.2) is 31.5 Å². The van der Waals surface area contributed by atoms with Crippen molar-refractivity contribution in [2.75, 3.05) is 24.4 Å². The fourth-order valence-corrected chi connectivity index (χ4v) is 3.16. The summed E-state index contributed by atoms with van der Waals surface area (Å²) in [4.78, 5) is 36.0. The van der Waals surface area contributed by atoms with Gasteiger partial charge in [0.15, 0.2) is 6.61 Å². The van der Waals surface area contributed by atoms with Gasteiger partial charge in [0.05, 0.1) is 24.2 Å². The monoisotopic (exact) mass is 516 g/mol. The Morgan fingerprint density at radius 3 is 2.06 bits per heavy atom. The maximum absolute atomic E-state index is 12.1. The summed E-state index contributed by atoms with van der Waals surface area (Å²) in [6.45, 7) is -0.515. The molecule has 0 spiro atoms. The molecule has 35 heavy (non-hydrogen) atoms. The van der Waals surface area contributed by atoms with Crippen molar-refractivity contribution < 1.29 is 28.6 Å². The number of carbonyl (C=O) groups is 3. The summed E-state index contributed by atoms with van der Waals surface area (Å²) in [5, 5.41) is 5.88. The predicted molar refractivity (Wildman–Crippen MR) is 133 cm³/mol. The Morgan fingerprint density at radius 2 is 1.40 bits per heavy atom. The van der Waals surface area contributed by atoms with Gasteiger partial charge in [-0.3, -0.25) is 14.4 Å². The highest BCUT2D eigenvalue weighted by molar-refractivity contribution is 6.35. The molecule has 0 bridgehead atoms. The van der Waals surface area contributed by atoms with E-state index in [0.717, 1.165) is 5.75 Å². The molecular formula is C25H22Cl2N2O6. The van der Waals surface area contributed by atoms with Crippen molar-refractivity contribution in [2.24, 2.45) is 0 Å². The van der Waals surface area contributed by atoms with Gasteiger partial charge in [0.1, 0.15) is 17.2 Å². The van der Waals surface area contributed by atoms with Crippen LogP contribution in [0.2, 0.25) is 10.0 Å². The summed E-state index contributed by atoms with van der Waals surface area (Å²) in [5.74, 6) is 0.324. The SMILES string of the molecule is COc1ccc(Oc2ccc(NC(=O)CCC(=O)OCC(=O)Nc3cc(Cl)ccc3Cl)cc2)cc1. The van der Waals surface area contributed by atoms with Gasteiger partial charge in [-0.2, -0.15) is 0 Å². The van der Waals surface area contributed by atoms with Crippen LogP contribution in [0.3, 0.4) is 0 Å². The first-order valence-electron chi connectivity index (χ1n) is 10.4. The van der Waals surface area contributed by atoms with Gasteiger partial charge in [-0.25, -0.2) is 0 Å². The summed E-state index contributed by atoms with van der Waals surface area (Å²) in [6.07, 6.45) is -0.291. The topological polar surface area (TPSA) is 103 Å². The van der Waals surface area contributed by atoms with Crippen molar-refractivity contribution in [1.29, 1.82) is 0 Å². The Kier molecular flexibility index (Phi) is 9.34. The molecule has 0 unspecified atom stereocenters. The van der Waals surface area contributed by atoms with Gasteiger partial charge in [-0.15, -0.1) is 0 Å².